The van der Waals surface area contributed by atoms with Gasteiger partial charge in [0.25, 0.3) is 0 Å². The van der Waals surface area contributed by atoms with Crippen molar-refractivity contribution in [2.45, 2.75) is 64.9 Å². The van der Waals surface area contributed by atoms with Gasteiger partial charge in [-0.3, -0.25) is 0 Å². The zero-order valence-corrected chi connectivity index (χ0v) is 13.6. The van der Waals surface area contributed by atoms with Gasteiger partial charge in [0, 0.05) is 6.42 Å². The first-order valence-corrected chi connectivity index (χ1v) is 8.35. The van der Waals surface area contributed by atoms with Gasteiger partial charge in [-0.15, -0.1) is 0 Å². The Morgan fingerprint density at radius 2 is 2.10 bits per heavy atom. The van der Waals surface area contributed by atoms with E-state index in [0.29, 0.717) is 11.3 Å². The second-order valence-corrected chi connectivity index (χ2v) is 7.91. The molecular formula is C19H28O2. The third-order valence-corrected chi connectivity index (χ3v) is 5.61. The second-order valence-electron chi connectivity index (χ2n) is 7.91. The fraction of sp³-hybridized carbons (Fsp3) is 0.684. The molecule has 2 heteroatoms. The molecule has 2 atom stereocenters. The van der Waals surface area contributed by atoms with E-state index in [4.69, 9.17) is 4.74 Å². The van der Waals surface area contributed by atoms with Gasteiger partial charge in [-0.25, -0.2) is 0 Å². The molecule has 1 aromatic carbocycles. The molecule has 2 unspecified atom stereocenters. The molecule has 2 nitrogen and oxygen atoms in total. The molecule has 1 aliphatic carbocycles. The third-order valence-electron chi connectivity index (χ3n) is 5.61. The highest BCUT2D eigenvalue weighted by Crippen LogP contribution is 2.45. The van der Waals surface area contributed by atoms with E-state index >= 15 is 0 Å². The van der Waals surface area contributed by atoms with Crippen LogP contribution in [-0.2, 0) is 12.8 Å². The fourth-order valence-corrected chi connectivity index (χ4v) is 4.05. The van der Waals surface area contributed by atoms with Gasteiger partial charge in [0.1, 0.15) is 5.75 Å². The van der Waals surface area contributed by atoms with Crippen molar-refractivity contribution in [2.75, 3.05) is 6.61 Å². The lowest BCUT2D eigenvalue weighted by Crippen LogP contribution is -2.44. The van der Waals surface area contributed by atoms with Gasteiger partial charge in [0.15, 0.2) is 0 Å². The molecular weight excluding hydrogens is 260 g/mol. The lowest BCUT2D eigenvalue weighted by atomic mass is 9.64. The Morgan fingerprint density at radius 3 is 2.86 bits per heavy atom. The highest BCUT2D eigenvalue weighted by atomic mass is 16.5. The number of fused-ring (bicyclic) bond motifs is 1. The first-order valence-electron chi connectivity index (χ1n) is 8.35. The van der Waals surface area contributed by atoms with Crippen molar-refractivity contribution in [3.05, 3.63) is 29.3 Å². The zero-order valence-electron chi connectivity index (χ0n) is 13.6. The quantitative estimate of drug-likeness (QED) is 0.906. The van der Waals surface area contributed by atoms with E-state index in [2.05, 4.69) is 39.0 Å². The van der Waals surface area contributed by atoms with Crippen LogP contribution in [0.3, 0.4) is 0 Å². The SMILES string of the molecule is CC1CC(C)(C)CCC1(O)CCc1ccc2c(c1)CCO2. The summed E-state index contributed by atoms with van der Waals surface area (Å²) >= 11 is 0. The minimum absolute atomic E-state index is 0.385. The summed E-state index contributed by atoms with van der Waals surface area (Å²) in [6, 6.07) is 6.52. The average molecular weight is 288 g/mol. The summed E-state index contributed by atoms with van der Waals surface area (Å²) in [5, 5.41) is 11.0. The standard InChI is InChI=1S/C19H28O2/c1-14-13-18(2,3)9-10-19(14,20)8-6-15-4-5-17-16(12-15)7-11-21-17/h4-5,12,14,20H,6-11,13H2,1-3H3. The van der Waals surface area contributed by atoms with Crippen LogP contribution < -0.4 is 4.74 Å². The maximum absolute atomic E-state index is 11.0. The van der Waals surface area contributed by atoms with E-state index < -0.39 is 5.60 Å². The van der Waals surface area contributed by atoms with Crippen molar-refractivity contribution < 1.29 is 9.84 Å². The topological polar surface area (TPSA) is 29.5 Å². The number of ether oxygens (including phenoxy) is 1. The van der Waals surface area contributed by atoms with Crippen LogP contribution in [0.4, 0.5) is 0 Å². The summed E-state index contributed by atoms with van der Waals surface area (Å²) in [5.74, 6) is 1.43. The number of benzene rings is 1. The van der Waals surface area contributed by atoms with Gasteiger partial charge in [-0.2, -0.15) is 0 Å². The molecule has 3 rings (SSSR count). The molecule has 1 saturated carbocycles. The first kappa shape index (κ1) is 14.9. The van der Waals surface area contributed by atoms with Crippen molar-refractivity contribution in [1.29, 1.82) is 0 Å². The molecule has 0 radical (unpaired) electrons. The molecule has 1 N–H and O–H groups in total. The summed E-state index contributed by atoms with van der Waals surface area (Å²) in [5.41, 5.74) is 2.57. The molecule has 1 aliphatic heterocycles. The lowest BCUT2D eigenvalue weighted by molar-refractivity contribution is -0.0763. The largest absolute Gasteiger partial charge is 0.493 e. The fourth-order valence-electron chi connectivity index (χ4n) is 4.05. The van der Waals surface area contributed by atoms with Crippen molar-refractivity contribution in [2.24, 2.45) is 11.3 Å². The molecule has 116 valence electrons. The Bertz CT molecular complexity index is 520. The molecule has 1 fully saturated rings. The van der Waals surface area contributed by atoms with Crippen molar-refractivity contribution >= 4 is 0 Å². The van der Waals surface area contributed by atoms with E-state index in [0.717, 1.165) is 50.9 Å². The highest BCUT2D eigenvalue weighted by Gasteiger charge is 2.41. The van der Waals surface area contributed by atoms with Crippen LogP contribution in [0.2, 0.25) is 0 Å². The Balaban J connectivity index is 1.64. The smallest absolute Gasteiger partial charge is 0.122 e. The normalized spacial score (nSPS) is 30.8. The molecule has 0 aromatic heterocycles. The predicted molar refractivity (Wildman–Crippen MR) is 85.7 cm³/mol. The van der Waals surface area contributed by atoms with E-state index in [1.54, 1.807) is 0 Å². The van der Waals surface area contributed by atoms with Crippen LogP contribution in [0.15, 0.2) is 18.2 Å². The number of aryl methyl sites for hydroxylation is 1. The van der Waals surface area contributed by atoms with Crippen molar-refractivity contribution in [3.8, 4) is 5.75 Å². The van der Waals surface area contributed by atoms with Crippen LogP contribution >= 0.6 is 0 Å². The van der Waals surface area contributed by atoms with Crippen LogP contribution in [0.5, 0.6) is 5.75 Å². The van der Waals surface area contributed by atoms with Crippen LogP contribution in [0.1, 0.15) is 57.6 Å². The van der Waals surface area contributed by atoms with Crippen LogP contribution in [0.25, 0.3) is 0 Å². The summed E-state index contributed by atoms with van der Waals surface area (Å²) in [7, 11) is 0. The Kier molecular flexibility index (Phi) is 3.77. The van der Waals surface area contributed by atoms with Gasteiger partial charge >= 0.3 is 0 Å². The van der Waals surface area contributed by atoms with E-state index in [9.17, 15) is 5.11 Å². The minimum atomic E-state index is -0.481. The van der Waals surface area contributed by atoms with Crippen LogP contribution in [-0.4, -0.2) is 17.3 Å². The molecule has 21 heavy (non-hydrogen) atoms. The maximum atomic E-state index is 11.0. The molecule has 0 bridgehead atoms. The zero-order chi connectivity index (χ0) is 15.1. The third kappa shape index (κ3) is 3.11. The average Bonchev–Trinajstić information content (AvgIpc) is 2.89. The molecule has 1 aromatic rings. The Morgan fingerprint density at radius 1 is 1.29 bits per heavy atom. The summed E-state index contributed by atoms with van der Waals surface area (Å²) < 4.78 is 5.56. The van der Waals surface area contributed by atoms with Crippen molar-refractivity contribution in [1.82, 2.24) is 0 Å². The molecule has 0 amide bonds. The minimum Gasteiger partial charge on any atom is -0.493 e. The van der Waals surface area contributed by atoms with Gasteiger partial charge in [0.2, 0.25) is 0 Å². The maximum Gasteiger partial charge on any atom is 0.122 e. The predicted octanol–water partition coefficient (Wildman–Crippen LogP) is 4.13. The second kappa shape index (κ2) is 5.31. The molecule has 0 spiro atoms. The van der Waals surface area contributed by atoms with Gasteiger partial charge in [0.05, 0.1) is 12.2 Å². The van der Waals surface area contributed by atoms with Crippen LogP contribution in [0, 0.1) is 11.3 Å². The van der Waals surface area contributed by atoms with Gasteiger partial charge in [-0.05, 0) is 60.6 Å². The number of hydrogen-bond acceptors (Lipinski definition) is 2. The molecule has 2 aliphatic rings. The number of hydrogen-bond donors (Lipinski definition) is 1. The van der Waals surface area contributed by atoms with E-state index in [-0.39, 0.29) is 0 Å². The van der Waals surface area contributed by atoms with E-state index in [1.807, 2.05) is 0 Å². The Labute approximate surface area is 128 Å². The summed E-state index contributed by atoms with van der Waals surface area (Å²) in [6.45, 7) is 7.68. The molecule has 1 heterocycles. The summed E-state index contributed by atoms with van der Waals surface area (Å²) in [6.07, 6.45) is 6.07. The monoisotopic (exact) mass is 288 g/mol. The highest BCUT2D eigenvalue weighted by molar-refractivity contribution is 5.39. The summed E-state index contributed by atoms with van der Waals surface area (Å²) in [4.78, 5) is 0. The van der Waals surface area contributed by atoms with Crippen molar-refractivity contribution in [3.63, 3.8) is 0 Å². The molecule has 0 saturated heterocycles. The van der Waals surface area contributed by atoms with E-state index in [1.165, 1.54) is 11.1 Å². The number of aliphatic hydroxyl groups is 1. The van der Waals surface area contributed by atoms with Gasteiger partial charge < -0.3 is 9.84 Å². The lowest BCUT2D eigenvalue weighted by Gasteiger charge is -2.45. The first-order chi connectivity index (χ1) is 9.88. The van der Waals surface area contributed by atoms with Gasteiger partial charge in [-0.1, -0.05) is 32.9 Å². The number of rotatable bonds is 3. The Hall–Kier alpha value is -1.02.